The highest BCUT2D eigenvalue weighted by Gasteiger charge is 2.29. The SMILES string of the molecule is CC(C)[C@H](C)NC(=O)CN1CCN(S(=O)(=O)c2ccc(Cl)c(Cl)c2)CC1. The molecule has 1 aliphatic rings. The van der Waals surface area contributed by atoms with Crippen molar-refractivity contribution in [3.8, 4) is 0 Å². The molecule has 26 heavy (non-hydrogen) atoms. The van der Waals surface area contributed by atoms with Gasteiger partial charge in [-0.2, -0.15) is 4.31 Å². The Morgan fingerprint density at radius 1 is 1.12 bits per heavy atom. The van der Waals surface area contributed by atoms with Gasteiger partial charge in [0.2, 0.25) is 15.9 Å². The van der Waals surface area contributed by atoms with E-state index in [4.69, 9.17) is 23.2 Å². The highest BCUT2D eigenvalue weighted by atomic mass is 35.5. The largest absolute Gasteiger partial charge is 0.352 e. The Bertz CT molecular complexity index is 748. The molecule has 1 saturated heterocycles. The van der Waals surface area contributed by atoms with E-state index in [1.54, 1.807) is 0 Å². The second kappa shape index (κ2) is 8.89. The molecule has 0 aliphatic carbocycles. The first kappa shape index (κ1) is 21.4. The van der Waals surface area contributed by atoms with Crippen molar-refractivity contribution in [3.63, 3.8) is 0 Å². The van der Waals surface area contributed by atoms with Crippen LogP contribution in [0, 0.1) is 5.92 Å². The predicted octanol–water partition coefficient (Wildman–Crippen LogP) is 2.46. The summed E-state index contributed by atoms with van der Waals surface area (Å²) in [5.74, 6) is 0.333. The first-order chi connectivity index (χ1) is 12.1. The Balaban J connectivity index is 1.93. The molecule has 1 fully saturated rings. The monoisotopic (exact) mass is 421 g/mol. The Labute approximate surface area is 165 Å². The van der Waals surface area contributed by atoms with Crippen LogP contribution in [0.25, 0.3) is 0 Å². The maximum atomic E-state index is 12.7. The predicted molar refractivity (Wildman–Crippen MR) is 104 cm³/mol. The van der Waals surface area contributed by atoms with Crippen LogP contribution >= 0.6 is 23.2 Å². The summed E-state index contributed by atoms with van der Waals surface area (Å²) in [4.78, 5) is 14.2. The van der Waals surface area contributed by atoms with E-state index in [1.165, 1.54) is 22.5 Å². The topological polar surface area (TPSA) is 69.7 Å². The second-order valence-electron chi connectivity index (χ2n) is 6.86. The maximum Gasteiger partial charge on any atom is 0.243 e. The van der Waals surface area contributed by atoms with Gasteiger partial charge in [-0.05, 0) is 31.0 Å². The number of hydrogen-bond donors (Lipinski definition) is 1. The molecule has 0 unspecified atom stereocenters. The van der Waals surface area contributed by atoms with Crippen LogP contribution in [-0.4, -0.2) is 62.3 Å². The van der Waals surface area contributed by atoms with Gasteiger partial charge in [0, 0.05) is 32.2 Å². The van der Waals surface area contributed by atoms with Crippen LogP contribution in [0.4, 0.5) is 0 Å². The van der Waals surface area contributed by atoms with E-state index < -0.39 is 10.0 Å². The number of benzene rings is 1. The summed E-state index contributed by atoms with van der Waals surface area (Å²) in [7, 11) is -3.62. The van der Waals surface area contributed by atoms with Crippen molar-refractivity contribution in [2.24, 2.45) is 5.92 Å². The van der Waals surface area contributed by atoms with E-state index in [-0.39, 0.29) is 28.4 Å². The van der Waals surface area contributed by atoms with Gasteiger partial charge in [-0.3, -0.25) is 9.69 Å². The third-order valence-electron chi connectivity index (χ3n) is 4.62. The van der Waals surface area contributed by atoms with E-state index in [1.807, 2.05) is 11.8 Å². The zero-order chi connectivity index (χ0) is 19.5. The minimum Gasteiger partial charge on any atom is -0.352 e. The molecular weight excluding hydrogens is 397 g/mol. The number of rotatable bonds is 6. The van der Waals surface area contributed by atoms with Crippen LogP contribution in [0.2, 0.25) is 10.0 Å². The lowest BCUT2D eigenvalue weighted by Crippen LogP contribution is -2.51. The third-order valence-corrected chi connectivity index (χ3v) is 7.25. The van der Waals surface area contributed by atoms with E-state index in [2.05, 4.69) is 19.2 Å². The van der Waals surface area contributed by atoms with E-state index in [0.29, 0.717) is 37.1 Å². The number of halogens is 2. The highest BCUT2D eigenvalue weighted by molar-refractivity contribution is 7.89. The molecule has 146 valence electrons. The van der Waals surface area contributed by atoms with Gasteiger partial charge in [0.05, 0.1) is 21.5 Å². The molecule has 1 aliphatic heterocycles. The summed E-state index contributed by atoms with van der Waals surface area (Å²) >= 11 is 11.8. The van der Waals surface area contributed by atoms with Gasteiger partial charge in [0.15, 0.2) is 0 Å². The Morgan fingerprint density at radius 3 is 2.27 bits per heavy atom. The summed E-state index contributed by atoms with van der Waals surface area (Å²) in [6, 6.07) is 4.41. The van der Waals surface area contributed by atoms with Crippen molar-refractivity contribution in [3.05, 3.63) is 28.2 Å². The van der Waals surface area contributed by atoms with Gasteiger partial charge in [0.1, 0.15) is 0 Å². The molecule has 0 aromatic heterocycles. The minimum absolute atomic E-state index is 0.0352. The van der Waals surface area contributed by atoms with Gasteiger partial charge in [0.25, 0.3) is 0 Å². The fourth-order valence-corrected chi connectivity index (χ4v) is 4.40. The van der Waals surface area contributed by atoms with Crippen LogP contribution in [0.1, 0.15) is 20.8 Å². The molecule has 1 atom stereocenters. The van der Waals surface area contributed by atoms with Gasteiger partial charge < -0.3 is 5.32 Å². The molecular formula is C17H25Cl2N3O3S. The minimum atomic E-state index is -3.62. The molecule has 0 bridgehead atoms. The van der Waals surface area contributed by atoms with Crippen molar-refractivity contribution in [2.45, 2.75) is 31.7 Å². The van der Waals surface area contributed by atoms with Gasteiger partial charge in [-0.1, -0.05) is 37.0 Å². The molecule has 1 heterocycles. The van der Waals surface area contributed by atoms with Gasteiger partial charge in [-0.15, -0.1) is 0 Å². The number of carbonyl (C=O) groups is 1. The van der Waals surface area contributed by atoms with Crippen molar-refractivity contribution in [2.75, 3.05) is 32.7 Å². The molecule has 2 rings (SSSR count). The van der Waals surface area contributed by atoms with E-state index in [0.717, 1.165) is 0 Å². The molecule has 0 radical (unpaired) electrons. The van der Waals surface area contributed by atoms with Gasteiger partial charge in [-0.25, -0.2) is 8.42 Å². The average molecular weight is 422 g/mol. The smallest absolute Gasteiger partial charge is 0.243 e. The first-order valence-corrected chi connectivity index (χ1v) is 10.8. The van der Waals surface area contributed by atoms with Crippen molar-refractivity contribution in [1.82, 2.24) is 14.5 Å². The fraction of sp³-hybridized carbons (Fsp3) is 0.588. The summed E-state index contributed by atoms with van der Waals surface area (Å²) in [5.41, 5.74) is 0. The normalized spacial score (nSPS) is 18.1. The number of piperazine rings is 1. The van der Waals surface area contributed by atoms with Crippen LogP contribution in [-0.2, 0) is 14.8 Å². The second-order valence-corrected chi connectivity index (χ2v) is 9.61. The third kappa shape index (κ3) is 5.33. The molecule has 1 amide bonds. The summed E-state index contributed by atoms with van der Waals surface area (Å²) in [5, 5.41) is 3.49. The molecule has 6 nitrogen and oxygen atoms in total. The molecule has 0 saturated carbocycles. The zero-order valence-corrected chi connectivity index (χ0v) is 17.5. The lowest BCUT2D eigenvalue weighted by molar-refractivity contribution is -0.123. The van der Waals surface area contributed by atoms with E-state index >= 15 is 0 Å². The number of hydrogen-bond acceptors (Lipinski definition) is 4. The Hall–Kier alpha value is -0.860. The molecule has 0 spiro atoms. The molecule has 9 heteroatoms. The first-order valence-electron chi connectivity index (χ1n) is 8.58. The van der Waals surface area contributed by atoms with Crippen LogP contribution in [0.3, 0.4) is 0 Å². The van der Waals surface area contributed by atoms with Crippen molar-refractivity contribution in [1.29, 1.82) is 0 Å². The highest BCUT2D eigenvalue weighted by Crippen LogP contribution is 2.27. The number of carbonyl (C=O) groups excluding carboxylic acids is 1. The summed E-state index contributed by atoms with van der Waals surface area (Å²) in [6.07, 6.45) is 0. The van der Waals surface area contributed by atoms with Gasteiger partial charge >= 0.3 is 0 Å². The van der Waals surface area contributed by atoms with Crippen LogP contribution in [0.15, 0.2) is 23.1 Å². The number of sulfonamides is 1. The van der Waals surface area contributed by atoms with Crippen LogP contribution in [0.5, 0.6) is 0 Å². The number of nitrogens with one attached hydrogen (secondary N) is 1. The Morgan fingerprint density at radius 2 is 1.73 bits per heavy atom. The number of nitrogens with zero attached hydrogens (tertiary/aromatic N) is 2. The van der Waals surface area contributed by atoms with Crippen molar-refractivity contribution < 1.29 is 13.2 Å². The molecule has 1 N–H and O–H groups in total. The average Bonchev–Trinajstić information content (AvgIpc) is 2.57. The lowest BCUT2D eigenvalue weighted by atomic mass is 10.1. The van der Waals surface area contributed by atoms with Crippen LogP contribution < -0.4 is 5.32 Å². The van der Waals surface area contributed by atoms with E-state index in [9.17, 15) is 13.2 Å². The molecule has 1 aromatic carbocycles. The molecule has 1 aromatic rings. The maximum absolute atomic E-state index is 12.7. The van der Waals surface area contributed by atoms with Crippen molar-refractivity contribution >= 4 is 39.1 Å². The summed E-state index contributed by atoms with van der Waals surface area (Å²) < 4.78 is 26.9. The lowest BCUT2D eigenvalue weighted by Gasteiger charge is -2.33. The number of amides is 1. The fourth-order valence-electron chi connectivity index (χ4n) is 2.58. The zero-order valence-electron chi connectivity index (χ0n) is 15.2. The quantitative estimate of drug-likeness (QED) is 0.765. The Kier molecular flexibility index (Phi) is 7.33. The summed E-state index contributed by atoms with van der Waals surface area (Å²) in [6.45, 7) is 8.02. The standard InChI is InChI=1S/C17H25Cl2N3O3S/c1-12(2)13(3)20-17(23)11-21-6-8-22(9-7-21)26(24,25)14-4-5-15(18)16(19)10-14/h4-5,10,12-13H,6-9,11H2,1-3H3,(H,20,23)/t13-/m0/s1.